The van der Waals surface area contributed by atoms with Crippen LogP contribution < -0.4 is 5.73 Å². The molecule has 1 aromatic heterocycles. The number of nitrogens with two attached hydrogens (primary N) is 1. The largest absolute Gasteiger partial charge is 0.398 e. The van der Waals surface area contributed by atoms with Crippen LogP contribution in [0.5, 0.6) is 0 Å². The molecule has 5 nitrogen and oxygen atoms in total. The lowest BCUT2D eigenvalue weighted by Gasteiger charge is -2.09. The summed E-state index contributed by atoms with van der Waals surface area (Å²) in [6, 6.07) is 14.1. The van der Waals surface area contributed by atoms with Gasteiger partial charge in [-0.1, -0.05) is 30.2 Å². The van der Waals surface area contributed by atoms with E-state index in [0.717, 1.165) is 11.1 Å². The van der Waals surface area contributed by atoms with Gasteiger partial charge in [-0.3, -0.25) is 4.98 Å². The molecular weight excluding hydrogens is 370 g/mol. The van der Waals surface area contributed by atoms with E-state index in [4.69, 9.17) is 5.73 Å². The molecule has 1 heterocycles. The fraction of sp³-hybridized carbons (Fsp3) is 0.182. The van der Waals surface area contributed by atoms with Gasteiger partial charge in [-0.05, 0) is 51.0 Å². The minimum Gasteiger partial charge on any atom is -0.398 e. The van der Waals surface area contributed by atoms with E-state index in [0.29, 0.717) is 27.7 Å². The number of nitrogens with zero attached hydrogens (tertiary/aromatic N) is 2. The van der Waals surface area contributed by atoms with E-state index in [-0.39, 0.29) is 4.28 Å². The predicted octanol–water partition coefficient (Wildman–Crippen LogP) is 4.35. The van der Waals surface area contributed by atoms with Crippen LogP contribution in [-0.4, -0.2) is 23.6 Å². The van der Waals surface area contributed by atoms with Gasteiger partial charge in [-0.15, -0.1) is 0 Å². The Morgan fingerprint density at radius 1 is 1.04 bits per heavy atom. The first-order chi connectivity index (χ1) is 13.3. The van der Waals surface area contributed by atoms with Crippen LogP contribution in [-0.2, 0) is 9.84 Å². The highest BCUT2D eigenvalue weighted by molar-refractivity contribution is 7.92. The molecule has 2 aromatic carbocycles. The van der Waals surface area contributed by atoms with Crippen molar-refractivity contribution in [2.45, 2.75) is 30.9 Å². The summed E-state index contributed by atoms with van der Waals surface area (Å²) in [7, 11) is -3.30. The molecule has 28 heavy (non-hydrogen) atoms. The molecule has 0 spiro atoms. The molecule has 0 aliphatic heterocycles. The van der Waals surface area contributed by atoms with Crippen LogP contribution in [0.15, 0.2) is 59.6 Å². The first-order valence-corrected chi connectivity index (χ1v) is 10.4. The molecule has 0 fully saturated rings. The minimum atomic E-state index is -3.30. The van der Waals surface area contributed by atoms with E-state index in [1.807, 2.05) is 25.1 Å². The molecule has 0 bridgehead atoms. The second-order valence-corrected chi connectivity index (χ2v) is 9.15. The molecule has 3 rings (SSSR count). The van der Waals surface area contributed by atoms with Crippen LogP contribution in [0, 0.1) is 18.8 Å². The first kappa shape index (κ1) is 19.6. The average molecular weight is 398 g/mol. The van der Waals surface area contributed by atoms with Crippen LogP contribution in [0.2, 0.25) is 0 Å². The van der Waals surface area contributed by atoms with Crippen LogP contribution >= 0.6 is 0 Å². The smallest absolute Gasteiger partial charge is 0.180 e. The van der Waals surface area contributed by atoms with E-state index in [9.17, 15) is 8.42 Å². The number of aryl methyl sites for hydroxylation is 1. The Morgan fingerprint density at radius 2 is 1.71 bits per heavy atom. The van der Waals surface area contributed by atoms with Crippen LogP contribution in [0.25, 0.3) is 11.3 Å². The molecule has 0 amide bonds. The topological polar surface area (TPSA) is 85.9 Å². The van der Waals surface area contributed by atoms with E-state index in [1.54, 1.807) is 50.4 Å². The molecule has 0 saturated heterocycles. The number of hydrogen-bond acceptors (Lipinski definition) is 5. The lowest BCUT2D eigenvalue weighted by Crippen LogP contribution is -2.13. The van der Waals surface area contributed by atoms with Crippen LogP contribution in [0.1, 0.15) is 35.1 Å². The lowest BCUT2D eigenvalue weighted by atomic mass is 10.1. The van der Waals surface area contributed by atoms with Crippen molar-refractivity contribution in [1.29, 1.82) is 0 Å². The van der Waals surface area contributed by atoms with Gasteiger partial charge in [-0.25, -0.2) is 13.4 Å². The Bertz CT molecular complexity index is 1190. The zero-order chi connectivity index (χ0) is 20.3. The molecule has 148 valence electrons. The standard InChI is InChI=1S/C22H21N3O2S.3H2/c1-15(2)28(26,27)19-11-8-18(9-12-19)22-14-24-16(3)21(25-22)13-10-17-6-4-5-7-20(17)23;;;/h4-9,11-12,14-15H,23H2,1-3H3;3*1H. The van der Waals surface area contributed by atoms with Gasteiger partial charge in [0.2, 0.25) is 0 Å². The molecule has 2 N–H and O–H groups in total. The Hall–Kier alpha value is -3.17. The number of sulfone groups is 1. The van der Waals surface area contributed by atoms with Gasteiger partial charge in [-0.2, -0.15) is 0 Å². The maximum atomic E-state index is 12.3. The van der Waals surface area contributed by atoms with Gasteiger partial charge in [0.15, 0.2) is 9.84 Å². The van der Waals surface area contributed by atoms with Crippen molar-refractivity contribution < 1.29 is 12.7 Å². The summed E-state index contributed by atoms with van der Waals surface area (Å²) in [5, 5.41) is -0.468. The maximum Gasteiger partial charge on any atom is 0.180 e. The molecule has 0 aliphatic rings. The summed E-state index contributed by atoms with van der Waals surface area (Å²) >= 11 is 0. The van der Waals surface area contributed by atoms with Gasteiger partial charge >= 0.3 is 0 Å². The molecule has 0 unspecified atom stereocenters. The van der Waals surface area contributed by atoms with Gasteiger partial charge in [0.25, 0.3) is 0 Å². The van der Waals surface area contributed by atoms with Gasteiger partial charge in [0.1, 0.15) is 5.69 Å². The monoisotopic (exact) mass is 397 g/mol. The second-order valence-electron chi connectivity index (χ2n) is 6.64. The molecule has 0 radical (unpaired) electrons. The summed E-state index contributed by atoms with van der Waals surface area (Å²) in [4.78, 5) is 9.26. The Labute approximate surface area is 170 Å². The highest BCUT2D eigenvalue weighted by Gasteiger charge is 2.19. The van der Waals surface area contributed by atoms with Gasteiger partial charge in [0.05, 0.1) is 27.7 Å². The Morgan fingerprint density at radius 3 is 2.36 bits per heavy atom. The zero-order valence-corrected chi connectivity index (χ0v) is 16.8. The Balaban J connectivity index is 0.00000300. The fourth-order valence-electron chi connectivity index (χ4n) is 2.53. The number of aromatic nitrogens is 2. The fourth-order valence-corrected chi connectivity index (χ4v) is 3.59. The Kier molecular flexibility index (Phi) is 5.48. The number of hydrogen-bond donors (Lipinski definition) is 1. The normalized spacial score (nSPS) is 11.1. The average Bonchev–Trinajstić information content (AvgIpc) is 2.68. The zero-order valence-electron chi connectivity index (χ0n) is 16.0. The summed E-state index contributed by atoms with van der Waals surface area (Å²) in [6.07, 6.45) is 1.66. The molecule has 0 aliphatic carbocycles. The van der Waals surface area contributed by atoms with Crippen molar-refractivity contribution in [1.82, 2.24) is 9.97 Å². The van der Waals surface area contributed by atoms with Crippen LogP contribution in [0.4, 0.5) is 5.69 Å². The van der Waals surface area contributed by atoms with E-state index < -0.39 is 15.1 Å². The highest BCUT2D eigenvalue weighted by atomic mass is 32.2. The SMILES string of the molecule is Cc1ncc(-c2ccc(S(=O)(=O)C(C)C)cc2)nc1C#Cc1ccccc1N.[HH].[HH].[HH]. The number of benzene rings is 2. The number of nitrogen functional groups attached to an aromatic ring is 1. The molecule has 3 aromatic rings. The van der Waals surface area contributed by atoms with Crippen molar-refractivity contribution in [3.05, 3.63) is 71.7 Å². The van der Waals surface area contributed by atoms with E-state index in [1.165, 1.54) is 0 Å². The summed E-state index contributed by atoms with van der Waals surface area (Å²) in [6.45, 7) is 5.17. The van der Waals surface area contributed by atoms with Crippen molar-refractivity contribution >= 4 is 15.5 Å². The summed E-state index contributed by atoms with van der Waals surface area (Å²) in [5.41, 5.74) is 9.94. The van der Waals surface area contributed by atoms with Crippen molar-refractivity contribution in [3.63, 3.8) is 0 Å². The number of rotatable bonds is 3. The van der Waals surface area contributed by atoms with Crippen molar-refractivity contribution in [3.8, 4) is 23.1 Å². The predicted molar refractivity (Wildman–Crippen MR) is 118 cm³/mol. The molecule has 0 saturated carbocycles. The molecule has 6 heteroatoms. The third-order valence-corrected chi connectivity index (χ3v) is 6.50. The van der Waals surface area contributed by atoms with Crippen molar-refractivity contribution in [2.24, 2.45) is 0 Å². The summed E-state index contributed by atoms with van der Waals surface area (Å²) < 4.78 is 24.5. The maximum absolute atomic E-state index is 12.3. The molecule has 0 atom stereocenters. The van der Waals surface area contributed by atoms with Gasteiger partial charge in [0, 0.05) is 21.1 Å². The highest BCUT2D eigenvalue weighted by Crippen LogP contribution is 2.22. The lowest BCUT2D eigenvalue weighted by molar-refractivity contribution is 0.587. The molecular formula is C22H27N3O2S. The third kappa shape index (κ3) is 4.05. The quantitative estimate of drug-likeness (QED) is 0.524. The number of anilines is 1. The van der Waals surface area contributed by atoms with E-state index >= 15 is 0 Å². The van der Waals surface area contributed by atoms with Crippen molar-refractivity contribution in [2.75, 3.05) is 5.73 Å². The first-order valence-electron chi connectivity index (χ1n) is 8.83. The van der Waals surface area contributed by atoms with Crippen LogP contribution in [0.3, 0.4) is 0 Å². The second kappa shape index (κ2) is 7.83. The number of para-hydroxylation sites is 1. The third-order valence-electron chi connectivity index (χ3n) is 4.33. The van der Waals surface area contributed by atoms with E-state index in [2.05, 4.69) is 21.8 Å². The minimum absolute atomic E-state index is 0. The van der Waals surface area contributed by atoms with Gasteiger partial charge < -0.3 is 5.73 Å². The summed E-state index contributed by atoms with van der Waals surface area (Å²) in [5.74, 6) is 6.06.